The number of nitrogens with zero attached hydrogens (tertiary/aromatic N) is 1. The van der Waals surface area contributed by atoms with Crippen LogP contribution in [0, 0.1) is 0 Å². The van der Waals surface area contributed by atoms with Gasteiger partial charge in [0.25, 0.3) is 5.91 Å². The minimum Gasteiger partial charge on any atom is -0.368 e. The summed E-state index contributed by atoms with van der Waals surface area (Å²) in [5.74, 6) is 0.217. The van der Waals surface area contributed by atoms with Gasteiger partial charge in [-0.3, -0.25) is 4.79 Å². The topological polar surface area (TPSA) is 41.6 Å². The third kappa shape index (κ3) is 2.92. The third-order valence-electron chi connectivity index (χ3n) is 3.08. The summed E-state index contributed by atoms with van der Waals surface area (Å²) in [6, 6.07) is 0. The molecule has 1 amide bonds. The summed E-state index contributed by atoms with van der Waals surface area (Å²) in [5, 5.41) is 3.35. The Kier molecular flexibility index (Phi) is 3.97. The van der Waals surface area contributed by atoms with E-state index in [2.05, 4.69) is 5.32 Å². The van der Waals surface area contributed by atoms with Crippen molar-refractivity contribution in [3.05, 3.63) is 0 Å². The molecule has 0 saturated carbocycles. The highest BCUT2D eigenvalue weighted by Gasteiger charge is 2.27. The predicted molar refractivity (Wildman–Crippen MR) is 57.7 cm³/mol. The molecule has 0 aromatic carbocycles. The average molecular weight is 212 g/mol. The third-order valence-corrected chi connectivity index (χ3v) is 3.08. The summed E-state index contributed by atoms with van der Waals surface area (Å²) in [5.41, 5.74) is 0. The standard InChI is InChI=1S/C11H20N2O2/c14-11(10-4-1-9-15-10)13-7-2-5-12-6-3-8-13/h10,12H,1-9H2. The number of rotatable bonds is 1. The second-order valence-electron chi connectivity index (χ2n) is 4.28. The largest absolute Gasteiger partial charge is 0.368 e. The van der Waals surface area contributed by atoms with E-state index in [1.807, 2.05) is 4.90 Å². The molecule has 4 heteroatoms. The lowest BCUT2D eigenvalue weighted by Crippen LogP contribution is -2.43. The monoisotopic (exact) mass is 212 g/mol. The van der Waals surface area contributed by atoms with Gasteiger partial charge in [-0.25, -0.2) is 0 Å². The van der Waals surface area contributed by atoms with Crippen LogP contribution in [0.15, 0.2) is 0 Å². The number of carbonyl (C=O) groups excluding carboxylic acids is 1. The van der Waals surface area contributed by atoms with Crippen molar-refractivity contribution in [2.24, 2.45) is 0 Å². The highest BCUT2D eigenvalue weighted by atomic mass is 16.5. The summed E-state index contributed by atoms with van der Waals surface area (Å²) in [6.45, 7) is 4.56. The molecule has 0 bridgehead atoms. The normalized spacial score (nSPS) is 28.5. The molecular formula is C11H20N2O2. The maximum absolute atomic E-state index is 12.0. The molecule has 0 aromatic heterocycles. The van der Waals surface area contributed by atoms with E-state index >= 15 is 0 Å². The van der Waals surface area contributed by atoms with E-state index in [0.717, 1.165) is 58.5 Å². The van der Waals surface area contributed by atoms with Gasteiger partial charge in [0, 0.05) is 19.7 Å². The van der Waals surface area contributed by atoms with Crippen molar-refractivity contribution in [3.8, 4) is 0 Å². The Labute approximate surface area is 91.0 Å². The second-order valence-corrected chi connectivity index (χ2v) is 4.28. The van der Waals surface area contributed by atoms with Crippen molar-refractivity contribution >= 4 is 5.91 Å². The van der Waals surface area contributed by atoms with Crippen LogP contribution in [0.2, 0.25) is 0 Å². The molecule has 2 fully saturated rings. The molecule has 1 N–H and O–H groups in total. The van der Waals surface area contributed by atoms with E-state index in [0.29, 0.717) is 0 Å². The lowest BCUT2D eigenvalue weighted by Gasteiger charge is -2.27. The van der Waals surface area contributed by atoms with E-state index in [4.69, 9.17) is 4.74 Å². The van der Waals surface area contributed by atoms with Crippen molar-refractivity contribution < 1.29 is 9.53 Å². The molecule has 0 radical (unpaired) electrons. The fourth-order valence-electron chi connectivity index (χ4n) is 2.22. The van der Waals surface area contributed by atoms with Crippen LogP contribution in [-0.4, -0.2) is 49.7 Å². The number of hydrogen-bond donors (Lipinski definition) is 1. The van der Waals surface area contributed by atoms with E-state index in [1.165, 1.54) is 0 Å². The first-order valence-electron chi connectivity index (χ1n) is 5.99. The van der Waals surface area contributed by atoms with Crippen molar-refractivity contribution in [3.63, 3.8) is 0 Å². The van der Waals surface area contributed by atoms with Crippen molar-refractivity contribution in [2.75, 3.05) is 32.8 Å². The highest BCUT2D eigenvalue weighted by Crippen LogP contribution is 2.15. The number of ether oxygens (including phenoxy) is 1. The molecule has 2 rings (SSSR count). The van der Waals surface area contributed by atoms with Crippen molar-refractivity contribution in [1.82, 2.24) is 10.2 Å². The first kappa shape index (κ1) is 10.9. The Hall–Kier alpha value is -0.610. The number of carbonyl (C=O) groups is 1. The van der Waals surface area contributed by atoms with Gasteiger partial charge < -0.3 is 15.0 Å². The zero-order chi connectivity index (χ0) is 10.5. The van der Waals surface area contributed by atoms with Gasteiger partial charge in [-0.1, -0.05) is 0 Å². The van der Waals surface area contributed by atoms with Gasteiger partial charge in [0.05, 0.1) is 0 Å². The van der Waals surface area contributed by atoms with E-state index < -0.39 is 0 Å². The summed E-state index contributed by atoms with van der Waals surface area (Å²) < 4.78 is 5.43. The minimum atomic E-state index is -0.141. The summed E-state index contributed by atoms with van der Waals surface area (Å²) in [7, 11) is 0. The van der Waals surface area contributed by atoms with E-state index in [1.54, 1.807) is 0 Å². The van der Waals surface area contributed by atoms with Gasteiger partial charge in [-0.2, -0.15) is 0 Å². The second kappa shape index (κ2) is 5.47. The molecule has 0 spiro atoms. The van der Waals surface area contributed by atoms with Crippen LogP contribution in [0.25, 0.3) is 0 Å². The molecule has 0 aliphatic carbocycles. The Morgan fingerprint density at radius 3 is 2.53 bits per heavy atom. The first-order valence-corrected chi connectivity index (χ1v) is 5.99. The molecule has 2 aliphatic rings. The number of amides is 1. The molecule has 0 aromatic rings. The Morgan fingerprint density at radius 1 is 1.20 bits per heavy atom. The van der Waals surface area contributed by atoms with Gasteiger partial charge in [0.2, 0.25) is 0 Å². The molecule has 2 saturated heterocycles. The zero-order valence-electron chi connectivity index (χ0n) is 9.21. The van der Waals surface area contributed by atoms with Crippen molar-refractivity contribution in [1.29, 1.82) is 0 Å². The van der Waals surface area contributed by atoms with Crippen LogP contribution in [0.5, 0.6) is 0 Å². The molecule has 1 unspecified atom stereocenters. The van der Waals surface area contributed by atoms with Gasteiger partial charge in [0.15, 0.2) is 0 Å². The lowest BCUT2D eigenvalue weighted by molar-refractivity contribution is -0.141. The van der Waals surface area contributed by atoms with Gasteiger partial charge >= 0.3 is 0 Å². The van der Waals surface area contributed by atoms with Gasteiger partial charge in [-0.05, 0) is 38.8 Å². The summed E-state index contributed by atoms with van der Waals surface area (Å²) in [6.07, 6.45) is 3.91. The van der Waals surface area contributed by atoms with Crippen LogP contribution >= 0.6 is 0 Å². The highest BCUT2D eigenvalue weighted by molar-refractivity contribution is 5.81. The number of nitrogens with one attached hydrogen (secondary N) is 1. The molecule has 2 aliphatic heterocycles. The quantitative estimate of drug-likeness (QED) is 0.683. The van der Waals surface area contributed by atoms with Crippen LogP contribution in [-0.2, 0) is 9.53 Å². The fourth-order valence-corrected chi connectivity index (χ4v) is 2.22. The SMILES string of the molecule is O=C(C1CCCO1)N1CCCNCCC1. The molecular weight excluding hydrogens is 192 g/mol. The smallest absolute Gasteiger partial charge is 0.251 e. The van der Waals surface area contributed by atoms with Crippen LogP contribution in [0.1, 0.15) is 25.7 Å². The summed E-state index contributed by atoms with van der Waals surface area (Å²) in [4.78, 5) is 14.0. The van der Waals surface area contributed by atoms with E-state index in [-0.39, 0.29) is 12.0 Å². The molecule has 86 valence electrons. The molecule has 15 heavy (non-hydrogen) atoms. The molecule has 2 heterocycles. The fraction of sp³-hybridized carbons (Fsp3) is 0.909. The Bertz CT molecular complexity index is 207. The maximum Gasteiger partial charge on any atom is 0.251 e. The molecule has 4 nitrogen and oxygen atoms in total. The Morgan fingerprint density at radius 2 is 1.93 bits per heavy atom. The maximum atomic E-state index is 12.0. The van der Waals surface area contributed by atoms with Crippen LogP contribution in [0.3, 0.4) is 0 Å². The van der Waals surface area contributed by atoms with Crippen molar-refractivity contribution in [2.45, 2.75) is 31.8 Å². The van der Waals surface area contributed by atoms with E-state index in [9.17, 15) is 4.79 Å². The average Bonchev–Trinajstić information content (AvgIpc) is 2.68. The van der Waals surface area contributed by atoms with Gasteiger partial charge in [-0.15, -0.1) is 0 Å². The Balaban J connectivity index is 1.85. The first-order chi connectivity index (χ1) is 7.38. The van der Waals surface area contributed by atoms with Crippen LogP contribution < -0.4 is 5.32 Å². The van der Waals surface area contributed by atoms with Gasteiger partial charge in [0.1, 0.15) is 6.10 Å². The molecule has 1 atom stereocenters. The summed E-state index contributed by atoms with van der Waals surface area (Å²) >= 11 is 0. The number of hydrogen-bond acceptors (Lipinski definition) is 3. The van der Waals surface area contributed by atoms with Crippen LogP contribution in [0.4, 0.5) is 0 Å². The lowest BCUT2D eigenvalue weighted by atomic mass is 10.2. The predicted octanol–water partition coefficient (Wildman–Crippen LogP) is 0.377. The zero-order valence-corrected chi connectivity index (χ0v) is 9.21. The minimum absolute atomic E-state index is 0.141.